The van der Waals surface area contributed by atoms with E-state index in [4.69, 9.17) is 11.5 Å². The number of anilines is 2. The zero-order chi connectivity index (χ0) is 12.3. The van der Waals surface area contributed by atoms with Crippen LogP contribution in [0.25, 0.3) is 0 Å². The van der Waals surface area contributed by atoms with Crippen LogP contribution in [0.4, 0.5) is 22.7 Å². The first-order chi connectivity index (χ1) is 8.18. The Hall–Kier alpha value is -2.36. The lowest BCUT2D eigenvalue weighted by atomic mass is 10.2. The molecule has 0 saturated heterocycles. The molecule has 0 saturated carbocycles. The molecule has 0 aliphatic rings. The lowest BCUT2D eigenvalue weighted by Gasteiger charge is -2.02. The van der Waals surface area contributed by atoms with Crippen molar-refractivity contribution in [3.63, 3.8) is 0 Å². The summed E-state index contributed by atoms with van der Waals surface area (Å²) in [6.07, 6.45) is 0. The van der Waals surface area contributed by atoms with Crippen LogP contribution in [-0.4, -0.2) is 0 Å². The average Bonchev–Trinajstić information content (AvgIpc) is 2.30. The highest BCUT2D eigenvalue weighted by Gasteiger charge is 2.01. The Morgan fingerprint density at radius 1 is 0.824 bits per heavy atom. The van der Waals surface area contributed by atoms with Crippen molar-refractivity contribution in [2.45, 2.75) is 6.92 Å². The van der Waals surface area contributed by atoms with Crippen molar-refractivity contribution in [3.05, 3.63) is 48.0 Å². The van der Waals surface area contributed by atoms with Gasteiger partial charge in [-0.3, -0.25) is 0 Å². The Labute approximate surface area is 100.0 Å². The molecule has 17 heavy (non-hydrogen) atoms. The van der Waals surface area contributed by atoms with Crippen molar-refractivity contribution in [2.24, 2.45) is 10.2 Å². The van der Waals surface area contributed by atoms with Crippen LogP contribution < -0.4 is 11.5 Å². The van der Waals surface area contributed by atoms with Gasteiger partial charge in [-0.1, -0.05) is 24.3 Å². The summed E-state index contributed by atoms with van der Waals surface area (Å²) in [5, 5.41) is 8.27. The Morgan fingerprint density at radius 2 is 1.53 bits per heavy atom. The fourth-order valence-corrected chi connectivity index (χ4v) is 1.50. The van der Waals surface area contributed by atoms with Crippen LogP contribution in [0.1, 0.15) is 5.56 Å². The lowest BCUT2D eigenvalue weighted by molar-refractivity contribution is 1.21. The molecular formula is C13H14N4. The summed E-state index contributed by atoms with van der Waals surface area (Å²) in [5.74, 6) is 0. The molecule has 0 amide bonds. The van der Waals surface area contributed by atoms with E-state index in [0.29, 0.717) is 22.7 Å². The molecule has 2 aromatic carbocycles. The number of azo groups is 1. The molecule has 0 fully saturated rings. The Balaban J connectivity index is 2.36. The smallest absolute Gasteiger partial charge is 0.111 e. The van der Waals surface area contributed by atoms with Gasteiger partial charge in [0.1, 0.15) is 11.4 Å². The van der Waals surface area contributed by atoms with Gasteiger partial charge in [0.15, 0.2) is 0 Å². The van der Waals surface area contributed by atoms with Crippen LogP contribution in [0.15, 0.2) is 52.7 Å². The second-order valence-corrected chi connectivity index (χ2v) is 3.77. The van der Waals surface area contributed by atoms with Crippen molar-refractivity contribution in [3.8, 4) is 0 Å². The zero-order valence-corrected chi connectivity index (χ0v) is 9.59. The maximum atomic E-state index is 5.84. The topological polar surface area (TPSA) is 76.8 Å². The first-order valence-corrected chi connectivity index (χ1v) is 5.30. The summed E-state index contributed by atoms with van der Waals surface area (Å²) in [5.41, 5.74) is 15.2. The summed E-state index contributed by atoms with van der Waals surface area (Å²) in [4.78, 5) is 0. The number of hydrogen-bond donors (Lipinski definition) is 2. The predicted molar refractivity (Wildman–Crippen MR) is 70.6 cm³/mol. The minimum atomic E-state index is 0.600. The standard InChI is InChI=1S/C13H14N4/c1-9-5-4-7-11(15)13(9)17-16-12-8-3-2-6-10(12)14/h2-8H,14-15H2,1H3. The highest BCUT2D eigenvalue weighted by Crippen LogP contribution is 2.29. The monoisotopic (exact) mass is 226 g/mol. The summed E-state index contributed by atoms with van der Waals surface area (Å²) in [6.45, 7) is 1.94. The molecule has 0 unspecified atom stereocenters. The Kier molecular flexibility index (Phi) is 3.05. The van der Waals surface area contributed by atoms with E-state index in [1.54, 1.807) is 12.1 Å². The molecule has 0 radical (unpaired) electrons. The second kappa shape index (κ2) is 4.65. The molecule has 0 atom stereocenters. The Bertz CT molecular complexity index is 541. The van der Waals surface area contributed by atoms with Gasteiger partial charge >= 0.3 is 0 Å². The molecule has 0 aliphatic heterocycles. The van der Waals surface area contributed by atoms with Crippen molar-refractivity contribution >= 4 is 22.7 Å². The molecule has 0 spiro atoms. The molecule has 0 aromatic heterocycles. The molecule has 2 aromatic rings. The van der Waals surface area contributed by atoms with E-state index in [0.717, 1.165) is 5.56 Å². The van der Waals surface area contributed by atoms with E-state index in [-0.39, 0.29) is 0 Å². The third kappa shape index (κ3) is 2.42. The third-order valence-electron chi connectivity index (χ3n) is 2.46. The number of nitrogen functional groups attached to an aromatic ring is 2. The molecule has 0 aliphatic carbocycles. The van der Waals surface area contributed by atoms with Gasteiger partial charge in [-0.2, -0.15) is 0 Å². The molecule has 4 heteroatoms. The minimum absolute atomic E-state index is 0.600. The Morgan fingerprint density at radius 3 is 2.24 bits per heavy atom. The van der Waals surface area contributed by atoms with E-state index >= 15 is 0 Å². The summed E-state index contributed by atoms with van der Waals surface area (Å²) >= 11 is 0. The fourth-order valence-electron chi connectivity index (χ4n) is 1.50. The first-order valence-electron chi connectivity index (χ1n) is 5.30. The van der Waals surface area contributed by atoms with Crippen molar-refractivity contribution < 1.29 is 0 Å². The SMILES string of the molecule is Cc1cccc(N)c1N=Nc1ccccc1N. The van der Waals surface area contributed by atoms with E-state index in [9.17, 15) is 0 Å². The van der Waals surface area contributed by atoms with Crippen molar-refractivity contribution in [1.82, 2.24) is 0 Å². The van der Waals surface area contributed by atoms with E-state index in [1.165, 1.54) is 0 Å². The van der Waals surface area contributed by atoms with E-state index in [1.807, 2.05) is 37.3 Å². The third-order valence-corrected chi connectivity index (χ3v) is 2.46. The molecule has 86 valence electrons. The summed E-state index contributed by atoms with van der Waals surface area (Å²) < 4.78 is 0. The molecule has 4 nitrogen and oxygen atoms in total. The second-order valence-electron chi connectivity index (χ2n) is 3.77. The number of nitrogens with zero attached hydrogens (tertiary/aromatic N) is 2. The van der Waals surface area contributed by atoms with Crippen molar-refractivity contribution in [1.29, 1.82) is 0 Å². The minimum Gasteiger partial charge on any atom is -0.397 e. The number of nitrogens with two attached hydrogens (primary N) is 2. The highest BCUT2D eigenvalue weighted by molar-refractivity contribution is 5.67. The van der Waals surface area contributed by atoms with Crippen LogP contribution >= 0.6 is 0 Å². The number of aryl methyl sites for hydroxylation is 1. The van der Waals surface area contributed by atoms with Gasteiger partial charge in [0.05, 0.1) is 11.4 Å². The van der Waals surface area contributed by atoms with Crippen LogP contribution in [0.5, 0.6) is 0 Å². The lowest BCUT2D eigenvalue weighted by Crippen LogP contribution is -1.87. The molecule has 4 N–H and O–H groups in total. The predicted octanol–water partition coefficient (Wildman–Crippen LogP) is 3.57. The van der Waals surface area contributed by atoms with Crippen molar-refractivity contribution in [2.75, 3.05) is 11.5 Å². The number of hydrogen-bond acceptors (Lipinski definition) is 4. The maximum absolute atomic E-state index is 5.84. The highest BCUT2D eigenvalue weighted by atomic mass is 15.1. The fraction of sp³-hybridized carbons (Fsp3) is 0.0769. The number of para-hydroxylation sites is 1. The van der Waals surface area contributed by atoms with Crippen LogP contribution in [0, 0.1) is 6.92 Å². The van der Waals surface area contributed by atoms with Crippen LogP contribution in [0.3, 0.4) is 0 Å². The van der Waals surface area contributed by atoms with Gasteiger partial charge in [0.2, 0.25) is 0 Å². The summed E-state index contributed by atoms with van der Waals surface area (Å²) in [7, 11) is 0. The van der Waals surface area contributed by atoms with Crippen LogP contribution in [-0.2, 0) is 0 Å². The van der Waals surface area contributed by atoms with Gasteiger partial charge in [0, 0.05) is 0 Å². The molecule has 0 heterocycles. The largest absolute Gasteiger partial charge is 0.397 e. The molecular weight excluding hydrogens is 212 g/mol. The first kappa shape index (κ1) is 11.1. The quantitative estimate of drug-likeness (QED) is 0.606. The van der Waals surface area contributed by atoms with Gasteiger partial charge in [0.25, 0.3) is 0 Å². The summed E-state index contributed by atoms with van der Waals surface area (Å²) in [6, 6.07) is 13.0. The van der Waals surface area contributed by atoms with E-state index < -0.39 is 0 Å². The van der Waals surface area contributed by atoms with Gasteiger partial charge in [-0.25, -0.2) is 0 Å². The van der Waals surface area contributed by atoms with Crippen LogP contribution in [0.2, 0.25) is 0 Å². The zero-order valence-electron chi connectivity index (χ0n) is 9.59. The van der Waals surface area contributed by atoms with Gasteiger partial charge in [-0.15, -0.1) is 10.2 Å². The molecule has 0 bridgehead atoms. The maximum Gasteiger partial charge on any atom is 0.111 e. The average molecular weight is 226 g/mol. The molecule has 2 rings (SSSR count). The van der Waals surface area contributed by atoms with Gasteiger partial charge < -0.3 is 11.5 Å². The normalized spacial score (nSPS) is 10.9. The number of benzene rings is 2. The number of rotatable bonds is 2. The van der Waals surface area contributed by atoms with Gasteiger partial charge in [-0.05, 0) is 30.7 Å². The van der Waals surface area contributed by atoms with E-state index in [2.05, 4.69) is 10.2 Å².